The molecule has 0 aromatic rings. The molecule has 0 heterocycles. The first-order valence-electron chi connectivity index (χ1n) is 4.51. The van der Waals surface area contributed by atoms with Gasteiger partial charge in [0.05, 0.1) is 6.17 Å². The van der Waals surface area contributed by atoms with Crippen LogP contribution in [0.15, 0.2) is 12.2 Å². The molecule has 0 rings (SSSR count). The summed E-state index contributed by atoms with van der Waals surface area (Å²) in [7, 11) is 7.77. The van der Waals surface area contributed by atoms with Crippen LogP contribution in [0.4, 0.5) is 0 Å². The van der Waals surface area contributed by atoms with E-state index in [9.17, 15) is 4.79 Å². The Morgan fingerprint density at radius 3 is 2.00 bits per heavy atom. The lowest BCUT2D eigenvalue weighted by Crippen LogP contribution is -2.44. The first-order valence-corrected chi connectivity index (χ1v) is 4.51. The van der Waals surface area contributed by atoms with Crippen molar-refractivity contribution in [3.63, 3.8) is 0 Å². The molecular weight excluding hydrogens is 180 g/mol. The predicted molar refractivity (Wildman–Crippen MR) is 56.9 cm³/mol. The number of likely N-dealkylation sites (N-methyl/N-ethyl adjacent to an activating group) is 2. The molecule has 0 unspecified atom stereocenters. The lowest BCUT2D eigenvalue weighted by atomic mass is 10.3. The van der Waals surface area contributed by atoms with Crippen molar-refractivity contribution in [2.24, 2.45) is 0 Å². The molecule has 0 spiro atoms. The first-order chi connectivity index (χ1) is 6.36. The van der Waals surface area contributed by atoms with Gasteiger partial charge in [0.2, 0.25) is 0 Å². The average Bonchev–Trinajstić information content (AvgIpc) is 2.02. The van der Waals surface area contributed by atoms with Crippen molar-refractivity contribution in [2.45, 2.75) is 13.1 Å². The fourth-order valence-electron chi connectivity index (χ4n) is 1.03. The monoisotopic (exact) mass is 200 g/mol. The summed E-state index contributed by atoms with van der Waals surface area (Å²) in [6.07, 6.45) is 0.0956. The molecule has 0 radical (unpaired) electrons. The van der Waals surface area contributed by atoms with Gasteiger partial charge in [0.1, 0.15) is 6.61 Å². The normalized spacial score (nSPS) is 11.1. The molecule has 14 heavy (non-hydrogen) atoms. The molecular formula is C10H20N2O2. The third-order valence-electron chi connectivity index (χ3n) is 1.90. The van der Waals surface area contributed by atoms with E-state index in [0.29, 0.717) is 12.2 Å². The number of esters is 1. The summed E-state index contributed by atoms with van der Waals surface area (Å²) in [6, 6.07) is 0. The minimum Gasteiger partial charge on any atom is -0.459 e. The average molecular weight is 200 g/mol. The van der Waals surface area contributed by atoms with Gasteiger partial charge >= 0.3 is 5.97 Å². The van der Waals surface area contributed by atoms with E-state index in [-0.39, 0.29) is 12.1 Å². The van der Waals surface area contributed by atoms with Crippen LogP contribution in [0.3, 0.4) is 0 Å². The molecule has 0 aliphatic heterocycles. The van der Waals surface area contributed by atoms with Crippen LogP contribution in [0.5, 0.6) is 0 Å². The number of carbonyl (C=O) groups is 1. The Labute approximate surface area is 86.1 Å². The van der Waals surface area contributed by atoms with Crippen molar-refractivity contribution in [3.8, 4) is 0 Å². The molecule has 0 N–H and O–H groups in total. The first kappa shape index (κ1) is 13.1. The summed E-state index contributed by atoms with van der Waals surface area (Å²) in [6.45, 7) is 5.52. The van der Waals surface area contributed by atoms with Crippen molar-refractivity contribution in [2.75, 3.05) is 34.8 Å². The Morgan fingerprint density at radius 2 is 1.71 bits per heavy atom. The molecule has 4 nitrogen and oxygen atoms in total. The lowest BCUT2D eigenvalue weighted by molar-refractivity contribution is -0.142. The highest BCUT2D eigenvalue weighted by Gasteiger charge is 2.16. The van der Waals surface area contributed by atoms with Gasteiger partial charge in [-0.1, -0.05) is 6.58 Å². The molecule has 0 aliphatic carbocycles. The Kier molecular flexibility index (Phi) is 5.42. The second-order valence-corrected chi connectivity index (χ2v) is 3.79. The Bertz CT molecular complexity index is 204. The Balaban J connectivity index is 4.07. The van der Waals surface area contributed by atoms with Crippen LogP contribution in [-0.4, -0.2) is 56.7 Å². The maximum absolute atomic E-state index is 11.1. The van der Waals surface area contributed by atoms with Gasteiger partial charge in [-0.25, -0.2) is 4.79 Å². The van der Waals surface area contributed by atoms with E-state index in [4.69, 9.17) is 4.74 Å². The molecule has 0 amide bonds. The standard InChI is InChI=1S/C10H20N2O2/c1-8(2)10(13)14-7-9(11(3)4)12(5)6/h9H,1,7H2,2-6H3. The van der Waals surface area contributed by atoms with Crippen molar-refractivity contribution in [3.05, 3.63) is 12.2 Å². The molecule has 0 aromatic carbocycles. The summed E-state index contributed by atoms with van der Waals surface area (Å²) in [5.74, 6) is -0.335. The lowest BCUT2D eigenvalue weighted by Gasteiger charge is -2.29. The van der Waals surface area contributed by atoms with E-state index in [0.717, 1.165) is 0 Å². The van der Waals surface area contributed by atoms with Gasteiger partial charge in [-0.05, 0) is 35.1 Å². The van der Waals surface area contributed by atoms with Gasteiger partial charge in [0.15, 0.2) is 0 Å². The van der Waals surface area contributed by atoms with Gasteiger partial charge in [-0.15, -0.1) is 0 Å². The highest BCUT2D eigenvalue weighted by atomic mass is 16.5. The number of hydrogen-bond donors (Lipinski definition) is 0. The minimum absolute atomic E-state index is 0.0956. The van der Waals surface area contributed by atoms with Crippen LogP contribution in [0, 0.1) is 0 Å². The maximum Gasteiger partial charge on any atom is 0.333 e. The van der Waals surface area contributed by atoms with Crippen LogP contribution in [0.25, 0.3) is 0 Å². The second-order valence-electron chi connectivity index (χ2n) is 3.79. The Morgan fingerprint density at radius 1 is 1.29 bits per heavy atom. The quantitative estimate of drug-likeness (QED) is 0.369. The van der Waals surface area contributed by atoms with Crippen molar-refractivity contribution < 1.29 is 9.53 Å². The van der Waals surface area contributed by atoms with Gasteiger partial charge in [0, 0.05) is 5.57 Å². The second kappa shape index (κ2) is 5.78. The van der Waals surface area contributed by atoms with E-state index >= 15 is 0 Å². The summed E-state index contributed by atoms with van der Waals surface area (Å²) < 4.78 is 5.07. The topological polar surface area (TPSA) is 32.8 Å². The third-order valence-corrected chi connectivity index (χ3v) is 1.90. The summed E-state index contributed by atoms with van der Waals surface area (Å²) in [5.41, 5.74) is 0.432. The molecule has 0 fully saturated rings. The number of hydrogen-bond acceptors (Lipinski definition) is 4. The van der Waals surface area contributed by atoms with E-state index < -0.39 is 0 Å². The molecule has 0 aromatic heterocycles. The fraction of sp³-hybridized carbons (Fsp3) is 0.700. The predicted octanol–water partition coefficient (Wildman–Crippen LogP) is 0.555. The van der Waals surface area contributed by atoms with E-state index in [2.05, 4.69) is 6.58 Å². The number of carbonyl (C=O) groups excluding carboxylic acids is 1. The van der Waals surface area contributed by atoms with Crippen molar-refractivity contribution in [1.82, 2.24) is 9.80 Å². The molecule has 82 valence electrons. The molecule has 0 saturated carbocycles. The van der Waals surface area contributed by atoms with Crippen LogP contribution in [0.1, 0.15) is 6.92 Å². The number of rotatable bonds is 5. The van der Waals surface area contributed by atoms with E-state index in [1.54, 1.807) is 6.92 Å². The van der Waals surface area contributed by atoms with E-state index in [1.165, 1.54) is 0 Å². The summed E-state index contributed by atoms with van der Waals surface area (Å²) in [5, 5.41) is 0. The minimum atomic E-state index is -0.335. The summed E-state index contributed by atoms with van der Waals surface area (Å²) in [4.78, 5) is 15.1. The maximum atomic E-state index is 11.1. The highest BCUT2D eigenvalue weighted by molar-refractivity contribution is 5.86. The number of nitrogens with zero attached hydrogens (tertiary/aromatic N) is 2. The molecule has 0 bridgehead atoms. The zero-order chi connectivity index (χ0) is 11.3. The van der Waals surface area contributed by atoms with E-state index in [1.807, 2.05) is 38.0 Å². The van der Waals surface area contributed by atoms with Gasteiger partial charge in [-0.2, -0.15) is 0 Å². The molecule has 0 saturated heterocycles. The van der Waals surface area contributed by atoms with Crippen molar-refractivity contribution in [1.29, 1.82) is 0 Å². The van der Waals surface area contributed by atoms with Crippen LogP contribution < -0.4 is 0 Å². The largest absolute Gasteiger partial charge is 0.459 e. The van der Waals surface area contributed by atoms with Crippen LogP contribution >= 0.6 is 0 Å². The van der Waals surface area contributed by atoms with Crippen molar-refractivity contribution >= 4 is 5.97 Å². The number of ether oxygens (including phenoxy) is 1. The molecule has 0 atom stereocenters. The van der Waals surface area contributed by atoms with Crippen LogP contribution in [0.2, 0.25) is 0 Å². The Hall–Kier alpha value is -0.870. The fourth-order valence-corrected chi connectivity index (χ4v) is 1.03. The SMILES string of the molecule is C=C(C)C(=O)OCC(N(C)C)N(C)C. The third kappa shape index (κ3) is 4.39. The van der Waals surface area contributed by atoms with Crippen LogP contribution in [-0.2, 0) is 9.53 Å². The molecule has 0 aliphatic rings. The van der Waals surface area contributed by atoms with Gasteiger partial charge < -0.3 is 4.74 Å². The smallest absolute Gasteiger partial charge is 0.333 e. The molecule has 4 heteroatoms. The van der Waals surface area contributed by atoms with Gasteiger partial charge in [-0.3, -0.25) is 9.80 Å². The highest BCUT2D eigenvalue weighted by Crippen LogP contribution is 2.00. The zero-order valence-electron chi connectivity index (χ0n) is 9.70. The van der Waals surface area contributed by atoms with Gasteiger partial charge in [0.25, 0.3) is 0 Å². The summed E-state index contributed by atoms with van der Waals surface area (Å²) >= 11 is 0. The zero-order valence-corrected chi connectivity index (χ0v) is 9.70.